The summed E-state index contributed by atoms with van der Waals surface area (Å²) in [4.78, 5) is 1.55. The molecule has 4 nitrogen and oxygen atoms in total. The van der Waals surface area contributed by atoms with Gasteiger partial charge in [-0.2, -0.15) is 0 Å². The fourth-order valence-electron chi connectivity index (χ4n) is 2.90. The average Bonchev–Trinajstić information content (AvgIpc) is 2.71. The second-order valence-corrected chi connectivity index (χ2v) is 6.96. The summed E-state index contributed by atoms with van der Waals surface area (Å²) in [5, 5.41) is 0. The lowest BCUT2D eigenvalue weighted by molar-refractivity contribution is -0.274. The van der Waals surface area contributed by atoms with E-state index in [2.05, 4.69) is 4.74 Å². The molecule has 0 heterocycles. The van der Waals surface area contributed by atoms with E-state index in [4.69, 9.17) is 9.47 Å². The molecule has 0 aromatic heterocycles. The largest absolute Gasteiger partial charge is 0.573 e. The number of methoxy groups -OCH3 is 1. The summed E-state index contributed by atoms with van der Waals surface area (Å²) in [6, 6.07) is 13.5. The van der Waals surface area contributed by atoms with Gasteiger partial charge in [-0.3, -0.25) is 4.90 Å². The van der Waals surface area contributed by atoms with Gasteiger partial charge < -0.3 is 14.2 Å². The van der Waals surface area contributed by atoms with Crippen LogP contribution in [-0.2, 0) is 17.6 Å². The normalized spacial score (nSPS) is 12.8. The number of aryl methyl sites for hydroxylation is 2. The Morgan fingerprint density at radius 3 is 2.50 bits per heavy atom. The van der Waals surface area contributed by atoms with Crippen LogP contribution in [0.5, 0.6) is 11.5 Å². The molecule has 0 saturated carbocycles. The van der Waals surface area contributed by atoms with Crippen molar-refractivity contribution in [1.82, 2.24) is 4.90 Å². The molecule has 2 aromatic rings. The second-order valence-electron chi connectivity index (χ2n) is 6.96. The van der Waals surface area contributed by atoms with E-state index in [1.165, 1.54) is 18.2 Å². The molecule has 2 rings (SSSR count). The summed E-state index contributed by atoms with van der Waals surface area (Å²) < 4.78 is 65.1. The third-order valence-corrected chi connectivity index (χ3v) is 4.58. The van der Waals surface area contributed by atoms with Crippen LogP contribution in [0.1, 0.15) is 17.5 Å². The molecule has 0 bridgehead atoms. The van der Waals surface area contributed by atoms with Crippen molar-refractivity contribution < 1.29 is 31.8 Å². The van der Waals surface area contributed by atoms with Crippen LogP contribution >= 0.6 is 0 Å². The van der Waals surface area contributed by atoms with Gasteiger partial charge in [0, 0.05) is 13.7 Å². The van der Waals surface area contributed by atoms with Gasteiger partial charge in [0.1, 0.15) is 24.9 Å². The lowest BCUT2D eigenvalue weighted by Gasteiger charge is -2.20. The first-order chi connectivity index (χ1) is 14.3. The highest BCUT2D eigenvalue weighted by Crippen LogP contribution is 2.25. The van der Waals surface area contributed by atoms with Crippen molar-refractivity contribution in [3.8, 4) is 11.5 Å². The van der Waals surface area contributed by atoms with Crippen LogP contribution in [0.15, 0.2) is 48.5 Å². The molecule has 1 unspecified atom stereocenters. The second kappa shape index (κ2) is 11.8. The highest BCUT2D eigenvalue weighted by atomic mass is 19.4. The van der Waals surface area contributed by atoms with E-state index < -0.39 is 13.2 Å². The van der Waals surface area contributed by atoms with Gasteiger partial charge in [-0.1, -0.05) is 30.3 Å². The van der Waals surface area contributed by atoms with Crippen molar-refractivity contribution in [2.75, 3.05) is 34.1 Å². The minimum atomic E-state index is -4.71. The molecular weight excluding hydrogens is 402 g/mol. The van der Waals surface area contributed by atoms with Crippen LogP contribution < -0.4 is 9.47 Å². The minimum absolute atomic E-state index is 0.178. The Labute approximate surface area is 174 Å². The Kier molecular flexibility index (Phi) is 9.39. The molecule has 1 atom stereocenters. The van der Waals surface area contributed by atoms with Gasteiger partial charge in [-0.25, -0.2) is 4.39 Å². The van der Waals surface area contributed by atoms with Crippen molar-refractivity contribution >= 4 is 0 Å². The molecule has 30 heavy (non-hydrogen) atoms. The summed E-state index contributed by atoms with van der Waals surface area (Å²) >= 11 is 0. The zero-order chi connectivity index (χ0) is 22.0. The van der Waals surface area contributed by atoms with Crippen LogP contribution in [0.2, 0.25) is 0 Å². The number of alkyl halides is 4. The molecule has 0 aliphatic heterocycles. The van der Waals surface area contributed by atoms with Crippen molar-refractivity contribution in [3.63, 3.8) is 0 Å². The number of nitrogens with zero attached hydrogens (tertiary/aromatic N) is 1. The van der Waals surface area contributed by atoms with Gasteiger partial charge in [0.15, 0.2) is 0 Å². The van der Waals surface area contributed by atoms with E-state index in [0.717, 1.165) is 11.1 Å². The number of halogens is 4. The van der Waals surface area contributed by atoms with Gasteiger partial charge in [-0.05, 0) is 55.6 Å². The van der Waals surface area contributed by atoms with Crippen molar-refractivity contribution in [1.29, 1.82) is 0 Å². The number of rotatable bonds is 12. The van der Waals surface area contributed by atoms with E-state index >= 15 is 0 Å². The zero-order valence-corrected chi connectivity index (χ0v) is 17.1. The van der Waals surface area contributed by atoms with Crippen molar-refractivity contribution in [2.24, 2.45) is 0 Å². The van der Waals surface area contributed by atoms with Gasteiger partial charge in [0.2, 0.25) is 0 Å². The smallest absolute Gasteiger partial charge is 0.491 e. The number of para-hydroxylation sites is 1. The van der Waals surface area contributed by atoms with Gasteiger partial charge in [0.25, 0.3) is 0 Å². The number of hydrogen-bond donors (Lipinski definition) is 0. The van der Waals surface area contributed by atoms with Gasteiger partial charge in [0.05, 0.1) is 6.10 Å². The first-order valence-electron chi connectivity index (χ1n) is 9.63. The summed E-state index contributed by atoms with van der Waals surface area (Å²) in [5.74, 6) is 0.465. The van der Waals surface area contributed by atoms with Crippen molar-refractivity contribution in [3.05, 3.63) is 59.7 Å². The minimum Gasteiger partial charge on any atom is -0.491 e. The molecule has 0 spiro atoms. The van der Waals surface area contributed by atoms with E-state index in [9.17, 15) is 17.6 Å². The Balaban J connectivity index is 1.94. The predicted octanol–water partition coefficient (Wildman–Crippen LogP) is 5.01. The molecule has 0 amide bonds. The standard InChI is InChI=1S/C22H27F4NO3/c1-27(16-23)13-12-20(28-2)15-29-21-9-4-3-7-18(21)11-10-17-6-5-8-19(14-17)30-22(24,25)26/h3-9,14,20H,10-13,15-16H2,1-2H3. The molecule has 0 fully saturated rings. The molecule has 0 radical (unpaired) electrons. The van der Waals surface area contributed by atoms with Crippen LogP contribution in [0.4, 0.5) is 17.6 Å². The molecule has 0 saturated heterocycles. The third-order valence-electron chi connectivity index (χ3n) is 4.58. The number of benzene rings is 2. The highest BCUT2D eigenvalue weighted by molar-refractivity contribution is 5.35. The van der Waals surface area contributed by atoms with Crippen LogP contribution in [0.25, 0.3) is 0 Å². The first-order valence-corrected chi connectivity index (χ1v) is 9.63. The molecule has 0 aliphatic rings. The Hall–Kier alpha value is -2.32. The van der Waals surface area contributed by atoms with Crippen LogP contribution in [0.3, 0.4) is 0 Å². The maximum absolute atomic E-state index is 12.6. The maximum Gasteiger partial charge on any atom is 0.573 e. The Bertz CT molecular complexity index is 770. The first kappa shape index (κ1) is 24.0. The summed E-state index contributed by atoms with van der Waals surface area (Å²) in [7, 11) is 3.28. The fourth-order valence-corrected chi connectivity index (χ4v) is 2.90. The van der Waals surface area contributed by atoms with Crippen LogP contribution in [0, 0.1) is 0 Å². The maximum atomic E-state index is 12.6. The van der Waals surface area contributed by atoms with Crippen molar-refractivity contribution in [2.45, 2.75) is 31.7 Å². The molecule has 0 N–H and O–H groups in total. The Morgan fingerprint density at radius 2 is 1.80 bits per heavy atom. The molecular formula is C22H27F4NO3. The van der Waals surface area contributed by atoms with E-state index in [1.54, 1.807) is 25.1 Å². The van der Waals surface area contributed by atoms with Crippen LogP contribution in [-0.4, -0.2) is 51.5 Å². The third kappa shape index (κ3) is 8.59. The fraction of sp³-hybridized carbons (Fsp3) is 0.455. The van der Waals surface area contributed by atoms with Gasteiger partial charge >= 0.3 is 6.36 Å². The topological polar surface area (TPSA) is 30.9 Å². The summed E-state index contributed by atoms with van der Waals surface area (Å²) in [6.45, 7) is 0.355. The molecule has 2 aromatic carbocycles. The van der Waals surface area contributed by atoms with E-state index in [1.807, 2.05) is 24.3 Å². The van der Waals surface area contributed by atoms with Gasteiger partial charge in [-0.15, -0.1) is 13.2 Å². The molecule has 8 heteroatoms. The lowest BCUT2D eigenvalue weighted by atomic mass is 10.0. The summed E-state index contributed by atoms with van der Waals surface area (Å²) in [5.41, 5.74) is 1.67. The quantitative estimate of drug-likeness (QED) is 0.351. The lowest BCUT2D eigenvalue weighted by Crippen LogP contribution is -2.27. The number of ether oxygens (including phenoxy) is 3. The Morgan fingerprint density at radius 1 is 1.03 bits per heavy atom. The highest BCUT2D eigenvalue weighted by Gasteiger charge is 2.31. The monoisotopic (exact) mass is 429 g/mol. The number of hydrogen-bond acceptors (Lipinski definition) is 4. The summed E-state index contributed by atoms with van der Waals surface area (Å²) in [6.07, 6.45) is -3.14. The SMILES string of the molecule is COC(CCN(C)CF)COc1ccccc1CCc1cccc(OC(F)(F)F)c1. The molecule has 166 valence electrons. The zero-order valence-electron chi connectivity index (χ0n) is 17.1. The average molecular weight is 429 g/mol. The molecule has 0 aliphatic carbocycles. The van der Waals surface area contributed by atoms with E-state index in [0.29, 0.717) is 38.2 Å². The predicted molar refractivity (Wildman–Crippen MR) is 106 cm³/mol. The van der Waals surface area contributed by atoms with E-state index in [-0.39, 0.29) is 11.9 Å².